The molecule has 0 bridgehead atoms. The molecule has 2 nitrogen and oxygen atoms in total. The Labute approximate surface area is 123 Å². The van der Waals surface area contributed by atoms with Crippen molar-refractivity contribution in [3.8, 4) is 0 Å². The number of hydrogen-bond donors (Lipinski definition) is 0. The zero-order valence-corrected chi connectivity index (χ0v) is 12.9. The van der Waals surface area contributed by atoms with Gasteiger partial charge in [0.15, 0.2) is 0 Å². The average molecular weight is 273 g/mol. The highest BCUT2D eigenvalue weighted by molar-refractivity contribution is 5.94. The van der Waals surface area contributed by atoms with Crippen molar-refractivity contribution in [2.45, 2.75) is 58.3 Å². The zero-order valence-electron chi connectivity index (χ0n) is 12.9. The maximum absolute atomic E-state index is 12.4. The van der Waals surface area contributed by atoms with E-state index in [4.69, 9.17) is 0 Å². The predicted octanol–water partition coefficient (Wildman–Crippen LogP) is 4.61. The number of benzene rings is 1. The maximum atomic E-state index is 12.4. The zero-order chi connectivity index (χ0) is 14.4. The van der Waals surface area contributed by atoms with Gasteiger partial charge in [0.05, 0.1) is 0 Å². The van der Waals surface area contributed by atoms with Crippen molar-refractivity contribution in [2.75, 3.05) is 13.1 Å². The van der Waals surface area contributed by atoms with Gasteiger partial charge in [-0.25, -0.2) is 0 Å². The third-order valence-corrected chi connectivity index (χ3v) is 4.40. The second-order valence-corrected chi connectivity index (χ2v) is 5.84. The van der Waals surface area contributed by atoms with Crippen molar-refractivity contribution in [3.05, 3.63) is 35.4 Å². The molecular weight excluding hydrogens is 246 g/mol. The maximum Gasteiger partial charge on any atom is 0.253 e. The molecule has 20 heavy (non-hydrogen) atoms. The molecule has 0 N–H and O–H groups in total. The molecule has 0 atom stereocenters. The molecule has 2 rings (SSSR count). The van der Waals surface area contributed by atoms with Crippen LogP contribution >= 0.6 is 0 Å². The van der Waals surface area contributed by atoms with Gasteiger partial charge in [0.1, 0.15) is 0 Å². The molecular formula is C18H27NO. The summed E-state index contributed by atoms with van der Waals surface area (Å²) < 4.78 is 0. The molecule has 1 aliphatic carbocycles. The van der Waals surface area contributed by atoms with Crippen LogP contribution in [0.3, 0.4) is 0 Å². The first-order valence-electron chi connectivity index (χ1n) is 8.15. The minimum absolute atomic E-state index is 0.171. The van der Waals surface area contributed by atoms with Crippen molar-refractivity contribution in [2.24, 2.45) is 0 Å². The van der Waals surface area contributed by atoms with E-state index in [1.54, 1.807) is 0 Å². The van der Waals surface area contributed by atoms with E-state index in [2.05, 4.69) is 19.1 Å². The molecule has 0 heterocycles. The largest absolute Gasteiger partial charge is 0.339 e. The fourth-order valence-corrected chi connectivity index (χ4v) is 3.19. The summed E-state index contributed by atoms with van der Waals surface area (Å²) in [4.78, 5) is 14.3. The highest BCUT2D eigenvalue weighted by Crippen LogP contribution is 2.32. The van der Waals surface area contributed by atoms with E-state index < -0.39 is 0 Å². The lowest BCUT2D eigenvalue weighted by molar-refractivity contribution is 0.0764. The first-order chi connectivity index (χ1) is 9.76. The van der Waals surface area contributed by atoms with Gasteiger partial charge in [0.25, 0.3) is 5.91 Å². The molecule has 0 saturated heterocycles. The summed E-state index contributed by atoms with van der Waals surface area (Å²) in [6, 6.07) is 8.38. The Morgan fingerprint density at radius 2 is 1.75 bits per heavy atom. The van der Waals surface area contributed by atoms with Gasteiger partial charge in [-0.05, 0) is 49.8 Å². The molecule has 1 aromatic rings. The summed E-state index contributed by atoms with van der Waals surface area (Å²) >= 11 is 0. The highest BCUT2D eigenvalue weighted by atomic mass is 16.2. The summed E-state index contributed by atoms with van der Waals surface area (Å²) in [6.07, 6.45) is 7.72. The van der Waals surface area contributed by atoms with Crippen molar-refractivity contribution in [3.63, 3.8) is 0 Å². The van der Waals surface area contributed by atoms with Gasteiger partial charge in [0, 0.05) is 18.7 Å². The second kappa shape index (κ2) is 7.47. The van der Waals surface area contributed by atoms with Gasteiger partial charge >= 0.3 is 0 Å². The number of hydrogen-bond acceptors (Lipinski definition) is 1. The smallest absolute Gasteiger partial charge is 0.253 e. The fourth-order valence-electron chi connectivity index (χ4n) is 3.19. The number of carbonyl (C=O) groups excluding carboxylic acids is 1. The van der Waals surface area contributed by atoms with Crippen LogP contribution in [-0.4, -0.2) is 23.9 Å². The Balaban J connectivity index is 2.05. The molecule has 1 aliphatic rings. The molecule has 0 radical (unpaired) electrons. The highest BCUT2D eigenvalue weighted by Gasteiger charge is 2.17. The van der Waals surface area contributed by atoms with E-state index >= 15 is 0 Å². The molecule has 0 unspecified atom stereocenters. The summed E-state index contributed by atoms with van der Waals surface area (Å²) in [6.45, 7) is 5.79. The van der Waals surface area contributed by atoms with E-state index in [9.17, 15) is 4.79 Å². The predicted molar refractivity (Wildman–Crippen MR) is 84.1 cm³/mol. The van der Waals surface area contributed by atoms with Gasteiger partial charge in [-0.3, -0.25) is 4.79 Å². The normalized spacial score (nSPS) is 16.1. The fraction of sp³-hybridized carbons (Fsp3) is 0.611. The lowest BCUT2D eigenvalue weighted by Gasteiger charge is -2.23. The van der Waals surface area contributed by atoms with Crippen LogP contribution in [0.5, 0.6) is 0 Å². The summed E-state index contributed by atoms with van der Waals surface area (Å²) in [5.41, 5.74) is 2.25. The van der Waals surface area contributed by atoms with Gasteiger partial charge in [-0.2, -0.15) is 0 Å². The Kier molecular flexibility index (Phi) is 5.63. The van der Waals surface area contributed by atoms with Crippen LogP contribution < -0.4 is 0 Å². The number of nitrogens with zero attached hydrogens (tertiary/aromatic N) is 1. The van der Waals surface area contributed by atoms with Crippen LogP contribution in [0.4, 0.5) is 0 Å². The molecule has 0 spiro atoms. The summed E-state index contributed by atoms with van der Waals surface area (Å²) in [5.74, 6) is 0.885. The summed E-state index contributed by atoms with van der Waals surface area (Å²) in [5, 5.41) is 0. The second-order valence-electron chi connectivity index (χ2n) is 5.84. The van der Waals surface area contributed by atoms with E-state index in [0.717, 1.165) is 25.1 Å². The van der Waals surface area contributed by atoms with E-state index in [0.29, 0.717) is 5.92 Å². The number of carbonyl (C=O) groups is 1. The monoisotopic (exact) mass is 273 g/mol. The minimum atomic E-state index is 0.171. The molecule has 0 aliphatic heterocycles. The van der Waals surface area contributed by atoms with Crippen molar-refractivity contribution >= 4 is 5.91 Å². The molecule has 2 heteroatoms. The van der Waals surface area contributed by atoms with Crippen LogP contribution in [0, 0.1) is 0 Å². The van der Waals surface area contributed by atoms with Crippen LogP contribution in [0.2, 0.25) is 0 Å². The van der Waals surface area contributed by atoms with Crippen molar-refractivity contribution < 1.29 is 4.79 Å². The lowest BCUT2D eigenvalue weighted by atomic mass is 9.84. The molecule has 0 aromatic heterocycles. The van der Waals surface area contributed by atoms with Gasteiger partial charge in [0.2, 0.25) is 0 Å². The Morgan fingerprint density at radius 1 is 1.10 bits per heavy atom. The molecule has 110 valence electrons. The van der Waals surface area contributed by atoms with E-state index in [-0.39, 0.29) is 5.91 Å². The van der Waals surface area contributed by atoms with E-state index in [1.165, 1.54) is 37.7 Å². The van der Waals surface area contributed by atoms with Gasteiger partial charge < -0.3 is 4.90 Å². The molecule has 1 saturated carbocycles. The number of amides is 1. The van der Waals surface area contributed by atoms with E-state index in [1.807, 2.05) is 24.0 Å². The third kappa shape index (κ3) is 3.62. The average Bonchev–Trinajstić information content (AvgIpc) is 2.53. The Morgan fingerprint density at radius 3 is 2.30 bits per heavy atom. The molecule has 1 amide bonds. The van der Waals surface area contributed by atoms with Crippen molar-refractivity contribution in [1.29, 1.82) is 0 Å². The third-order valence-electron chi connectivity index (χ3n) is 4.40. The van der Waals surface area contributed by atoms with Crippen molar-refractivity contribution in [1.82, 2.24) is 4.90 Å². The first kappa shape index (κ1) is 15.1. The van der Waals surface area contributed by atoms with Crippen LogP contribution in [0.25, 0.3) is 0 Å². The van der Waals surface area contributed by atoms with Crippen LogP contribution in [-0.2, 0) is 0 Å². The minimum Gasteiger partial charge on any atom is -0.339 e. The Hall–Kier alpha value is -1.31. The first-order valence-corrected chi connectivity index (χ1v) is 8.15. The summed E-state index contributed by atoms with van der Waals surface area (Å²) in [7, 11) is 0. The standard InChI is InChI=1S/C18H27NO/c1-3-14-19(4-2)18(20)17-12-10-16(11-13-17)15-8-6-5-7-9-15/h10-13,15H,3-9,14H2,1-2H3. The lowest BCUT2D eigenvalue weighted by Crippen LogP contribution is -2.31. The molecule has 1 fully saturated rings. The van der Waals surface area contributed by atoms with Gasteiger partial charge in [-0.1, -0.05) is 38.3 Å². The topological polar surface area (TPSA) is 20.3 Å². The SMILES string of the molecule is CCCN(CC)C(=O)c1ccc(C2CCCCC2)cc1. The van der Waals surface area contributed by atoms with Crippen LogP contribution in [0.15, 0.2) is 24.3 Å². The Bertz CT molecular complexity index is 418. The molecule has 1 aromatic carbocycles. The van der Waals surface area contributed by atoms with Crippen LogP contribution in [0.1, 0.15) is 74.2 Å². The number of rotatable bonds is 5. The van der Waals surface area contributed by atoms with Gasteiger partial charge in [-0.15, -0.1) is 0 Å². The quantitative estimate of drug-likeness (QED) is 0.767.